The second-order valence-corrected chi connectivity index (χ2v) is 6.66. The summed E-state index contributed by atoms with van der Waals surface area (Å²) in [4.78, 5) is 17.2. The molecule has 0 aromatic carbocycles. The summed E-state index contributed by atoms with van der Waals surface area (Å²) in [6.45, 7) is 7.84. The molecule has 0 spiro atoms. The van der Waals surface area contributed by atoms with Gasteiger partial charge in [-0.3, -0.25) is 9.69 Å². The minimum absolute atomic E-state index is 0.212. The van der Waals surface area contributed by atoms with Gasteiger partial charge in [0.05, 0.1) is 12.0 Å². The molecule has 3 rings (SSSR count). The van der Waals surface area contributed by atoms with Crippen molar-refractivity contribution < 1.29 is 9.53 Å². The summed E-state index contributed by atoms with van der Waals surface area (Å²) in [7, 11) is 0. The molecule has 0 aromatic rings. The Bertz CT molecular complexity index is 338. The number of rotatable bonds is 3. The molecular weight excluding hydrogens is 266 g/mol. The Morgan fingerprint density at radius 2 is 2.05 bits per heavy atom. The molecule has 3 fully saturated rings. The first-order valence-corrected chi connectivity index (χ1v) is 8.66. The molecule has 0 aromatic heterocycles. The van der Waals surface area contributed by atoms with Crippen LogP contribution in [0.25, 0.3) is 0 Å². The first-order valence-electron chi connectivity index (χ1n) is 8.66. The van der Waals surface area contributed by atoms with E-state index in [0.717, 1.165) is 71.7 Å². The van der Waals surface area contributed by atoms with E-state index in [1.165, 1.54) is 12.8 Å². The largest absolute Gasteiger partial charge is 0.377 e. The highest BCUT2D eigenvalue weighted by molar-refractivity contribution is 5.79. The van der Waals surface area contributed by atoms with E-state index < -0.39 is 0 Å². The standard InChI is InChI=1S/C16H29N3O2/c20-16(14-4-1-6-17-12-14)19-8-3-7-18(9-10-19)13-15-5-2-11-21-15/h14-15,17H,1-13H2/t14-,15?/m1/s1. The summed E-state index contributed by atoms with van der Waals surface area (Å²) in [5.74, 6) is 0.588. The van der Waals surface area contributed by atoms with Crippen LogP contribution in [0, 0.1) is 5.92 Å². The quantitative estimate of drug-likeness (QED) is 0.832. The van der Waals surface area contributed by atoms with Gasteiger partial charge in [-0.05, 0) is 45.2 Å². The van der Waals surface area contributed by atoms with Crippen LogP contribution in [-0.2, 0) is 9.53 Å². The van der Waals surface area contributed by atoms with Gasteiger partial charge in [0, 0.05) is 39.3 Å². The van der Waals surface area contributed by atoms with Gasteiger partial charge >= 0.3 is 0 Å². The van der Waals surface area contributed by atoms with Crippen molar-refractivity contribution >= 4 is 5.91 Å². The Balaban J connectivity index is 1.46. The summed E-state index contributed by atoms with van der Waals surface area (Å²) < 4.78 is 5.74. The predicted molar refractivity (Wildman–Crippen MR) is 82.2 cm³/mol. The van der Waals surface area contributed by atoms with E-state index >= 15 is 0 Å². The van der Waals surface area contributed by atoms with Crippen molar-refractivity contribution in [2.24, 2.45) is 5.92 Å². The van der Waals surface area contributed by atoms with E-state index in [1.807, 2.05) is 0 Å². The smallest absolute Gasteiger partial charge is 0.227 e. The number of hydrogen-bond acceptors (Lipinski definition) is 4. The zero-order valence-corrected chi connectivity index (χ0v) is 13.1. The van der Waals surface area contributed by atoms with E-state index in [1.54, 1.807) is 0 Å². The van der Waals surface area contributed by atoms with Crippen molar-refractivity contribution in [1.29, 1.82) is 0 Å². The summed E-state index contributed by atoms with van der Waals surface area (Å²) >= 11 is 0. The van der Waals surface area contributed by atoms with Crippen molar-refractivity contribution in [3.63, 3.8) is 0 Å². The van der Waals surface area contributed by atoms with Crippen LogP contribution in [0.15, 0.2) is 0 Å². The van der Waals surface area contributed by atoms with Gasteiger partial charge in [-0.1, -0.05) is 0 Å². The van der Waals surface area contributed by atoms with Crippen molar-refractivity contribution in [1.82, 2.24) is 15.1 Å². The van der Waals surface area contributed by atoms with Crippen LogP contribution in [0.5, 0.6) is 0 Å². The lowest BCUT2D eigenvalue weighted by molar-refractivity contribution is -0.135. The fraction of sp³-hybridized carbons (Fsp3) is 0.938. The maximum Gasteiger partial charge on any atom is 0.227 e. The molecule has 2 atom stereocenters. The number of nitrogens with one attached hydrogen (secondary N) is 1. The number of hydrogen-bond donors (Lipinski definition) is 1. The van der Waals surface area contributed by atoms with Gasteiger partial charge in [-0.25, -0.2) is 0 Å². The van der Waals surface area contributed by atoms with Gasteiger partial charge in [-0.15, -0.1) is 0 Å². The van der Waals surface area contributed by atoms with Gasteiger partial charge in [-0.2, -0.15) is 0 Å². The predicted octanol–water partition coefficient (Wildman–Crippen LogP) is 0.699. The zero-order chi connectivity index (χ0) is 14.5. The van der Waals surface area contributed by atoms with E-state index in [4.69, 9.17) is 4.74 Å². The molecule has 0 aliphatic carbocycles. The molecule has 3 aliphatic heterocycles. The maximum absolute atomic E-state index is 12.6. The van der Waals surface area contributed by atoms with Crippen LogP contribution in [0.2, 0.25) is 0 Å². The molecule has 1 N–H and O–H groups in total. The number of nitrogens with zero attached hydrogens (tertiary/aromatic N) is 2. The summed E-state index contributed by atoms with van der Waals surface area (Å²) in [5, 5.41) is 3.35. The van der Waals surface area contributed by atoms with Crippen molar-refractivity contribution in [3.05, 3.63) is 0 Å². The van der Waals surface area contributed by atoms with Gasteiger partial charge in [0.1, 0.15) is 0 Å². The monoisotopic (exact) mass is 295 g/mol. The lowest BCUT2D eigenvalue weighted by atomic mass is 9.98. The molecule has 3 saturated heterocycles. The highest BCUT2D eigenvalue weighted by atomic mass is 16.5. The van der Waals surface area contributed by atoms with Gasteiger partial charge in [0.15, 0.2) is 0 Å². The van der Waals surface area contributed by atoms with Crippen LogP contribution in [0.1, 0.15) is 32.1 Å². The highest BCUT2D eigenvalue weighted by Gasteiger charge is 2.28. The number of piperidine rings is 1. The van der Waals surface area contributed by atoms with E-state index in [9.17, 15) is 4.79 Å². The second-order valence-electron chi connectivity index (χ2n) is 6.66. The molecule has 5 nitrogen and oxygen atoms in total. The first kappa shape index (κ1) is 15.3. The van der Waals surface area contributed by atoms with Gasteiger partial charge < -0.3 is 15.0 Å². The highest BCUT2D eigenvalue weighted by Crippen LogP contribution is 2.17. The lowest BCUT2D eigenvalue weighted by Gasteiger charge is -2.29. The number of amides is 1. The van der Waals surface area contributed by atoms with Crippen LogP contribution in [-0.4, -0.2) is 74.2 Å². The third-order valence-corrected chi connectivity index (χ3v) is 5.03. The molecule has 1 unspecified atom stereocenters. The Morgan fingerprint density at radius 3 is 2.81 bits per heavy atom. The van der Waals surface area contributed by atoms with Crippen LogP contribution in [0.4, 0.5) is 0 Å². The molecule has 0 saturated carbocycles. The average molecular weight is 295 g/mol. The van der Waals surface area contributed by atoms with E-state index in [0.29, 0.717) is 12.0 Å². The number of carbonyl (C=O) groups is 1. The average Bonchev–Trinajstić information content (AvgIpc) is 2.92. The van der Waals surface area contributed by atoms with Crippen molar-refractivity contribution in [2.75, 3.05) is 52.4 Å². The molecule has 1 amide bonds. The fourth-order valence-corrected chi connectivity index (χ4v) is 3.77. The Hall–Kier alpha value is -0.650. The summed E-state index contributed by atoms with van der Waals surface area (Å²) in [6, 6.07) is 0. The lowest BCUT2D eigenvalue weighted by Crippen LogP contribution is -2.44. The second kappa shape index (κ2) is 7.56. The molecule has 5 heteroatoms. The fourth-order valence-electron chi connectivity index (χ4n) is 3.77. The van der Waals surface area contributed by atoms with Crippen LogP contribution >= 0.6 is 0 Å². The molecule has 0 bridgehead atoms. The van der Waals surface area contributed by atoms with Crippen LogP contribution < -0.4 is 5.32 Å². The summed E-state index contributed by atoms with van der Waals surface area (Å²) in [5.41, 5.74) is 0. The first-order chi connectivity index (χ1) is 10.3. The Kier molecular flexibility index (Phi) is 5.49. The minimum atomic E-state index is 0.212. The molecule has 3 heterocycles. The number of carbonyl (C=O) groups excluding carboxylic acids is 1. The molecule has 3 aliphatic rings. The molecule has 120 valence electrons. The molecule has 0 radical (unpaired) electrons. The third-order valence-electron chi connectivity index (χ3n) is 5.03. The SMILES string of the molecule is O=C([C@@H]1CCCNC1)N1CCCN(CC2CCCO2)CC1. The topological polar surface area (TPSA) is 44.8 Å². The third kappa shape index (κ3) is 4.18. The van der Waals surface area contributed by atoms with Crippen molar-refractivity contribution in [2.45, 2.75) is 38.2 Å². The van der Waals surface area contributed by atoms with Gasteiger partial charge in [0.2, 0.25) is 5.91 Å². The van der Waals surface area contributed by atoms with E-state index in [-0.39, 0.29) is 5.92 Å². The molecular formula is C16H29N3O2. The van der Waals surface area contributed by atoms with Crippen molar-refractivity contribution in [3.8, 4) is 0 Å². The Labute approximate surface area is 128 Å². The minimum Gasteiger partial charge on any atom is -0.377 e. The normalized spacial score (nSPS) is 32.1. The Morgan fingerprint density at radius 1 is 1.10 bits per heavy atom. The zero-order valence-electron chi connectivity index (χ0n) is 13.1. The summed E-state index contributed by atoms with van der Waals surface area (Å²) in [6.07, 6.45) is 6.12. The number of ether oxygens (including phenoxy) is 1. The van der Waals surface area contributed by atoms with Crippen LogP contribution in [0.3, 0.4) is 0 Å². The maximum atomic E-state index is 12.6. The molecule has 21 heavy (non-hydrogen) atoms. The van der Waals surface area contributed by atoms with E-state index in [2.05, 4.69) is 15.1 Å². The van der Waals surface area contributed by atoms with Gasteiger partial charge in [0.25, 0.3) is 0 Å².